The van der Waals surface area contributed by atoms with Crippen LogP contribution in [0.25, 0.3) is 0 Å². The number of fused-ring (bicyclic) bond motifs is 2. The second-order valence-corrected chi connectivity index (χ2v) is 15.5. The summed E-state index contributed by atoms with van der Waals surface area (Å²) >= 11 is 0. The molecular weight excluding hydrogens is 626 g/mol. The third kappa shape index (κ3) is 6.42. The number of non-ortho nitro benzene ring substituents is 2. The maximum atomic E-state index is 14.1. The minimum Gasteiger partial charge on any atom is -0.370 e. The van der Waals surface area contributed by atoms with Crippen LogP contribution in [0.15, 0.2) is 46.4 Å². The average Bonchev–Trinajstić information content (AvgIpc) is 3.50. The first-order valence-corrected chi connectivity index (χ1v) is 17.5. The molecule has 254 valence electrons. The number of hydrogen-bond acceptors (Lipinski definition) is 10. The van der Waals surface area contributed by atoms with Crippen LogP contribution in [0.3, 0.4) is 0 Å². The van der Waals surface area contributed by atoms with Crippen LogP contribution in [-0.4, -0.2) is 78.4 Å². The summed E-state index contributed by atoms with van der Waals surface area (Å²) in [5.41, 5.74) is 3.08. The number of anilines is 2. The SMILES string of the molecule is CCN(CC)C(=O)[C@@H]1CCCN(c2ccc([N+](=O)[O-])cc2/C=N\Nc2ccc([N+](=O)[O-])cc2S(=O)(=O)N2C[C@@]3(C)C[C@H]2CC3(C)C)C1. The van der Waals surface area contributed by atoms with Gasteiger partial charge in [0.15, 0.2) is 0 Å². The van der Waals surface area contributed by atoms with E-state index in [1.54, 1.807) is 11.0 Å². The molecule has 1 amide bonds. The average molecular weight is 670 g/mol. The molecule has 2 aromatic rings. The first-order chi connectivity index (χ1) is 22.1. The number of amides is 1. The van der Waals surface area contributed by atoms with E-state index in [2.05, 4.69) is 31.3 Å². The van der Waals surface area contributed by atoms with Crippen molar-refractivity contribution in [1.29, 1.82) is 0 Å². The van der Waals surface area contributed by atoms with Crippen LogP contribution in [-0.2, 0) is 14.8 Å². The second-order valence-electron chi connectivity index (χ2n) is 13.7. The molecular formula is C32H43N7O7S. The zero-order valence-electron chi connectivity index (χ0n) is 27.5. The number of sulfonamides is 1. The summed E-state index contributed by atoms with van der Waals surface area (Å²) in [6.07, 6.45) is 4.28. The van der Waals surface area contributed by atoms with Crippen molar-refractivity contribution in [2.75, 3.05) is 43.0 Å². The number of hydrogen-bond donors (Lipinski definition) is 1. The van der Waals surface area contributed by atoms with E-state index in [-0.39, 0.29) is 50.7 Å². The Labute approximate surface area is 275 Å². The van der Waals surface area contributed by atoms with Gasteiger partial charge in [0, 0.05) is 74.3 Å². The first-order valence-electron chi connectivity index (χ1n) is 16.0. The monoisotopic (exact) mass is 669 g/mol. The minimum absolute atomic E-state index is 0.0409. The molecule has 15 heteroatoms. The smallest absolute Gasteiger partial charge is 0.270 e. The Morgan fingerprint density at radius 3 is 2.32 bits per heavy atom. The molecule has 0 radical (unpaired) electrons. The number of nitro groups is 2. The first kappa shape index (κ1) is 34.2. The van der Waals surface area contributed by atoms with Crippen LogP contribution in [0.4, 0.5) is 22.7 Å². The maximum absolute atomic E-state index is 14.1. The van der Waals surface area contributed by atoms with Gasteiger partial charge >= 0.3 is 0 Å². The van der Waals surface area contributed by atoms with Crippen molar-refractivity contribution < 1.29 is 23.1 Å². The van der Waals surface area contributed by atoms with Gasteiger partial charge in [0.05, 0.1) is 27.7 Å². The van der Waals surface area contributed by atoms with E-state index in [1.165, 1.54) is 34.8 Å². The van der Waals surface area contributed by atoms with Crippen LogP contribution in [0.2, 0.25) is 0 Å². The van der Waals surface area contributed by atoms with Crippen LogP contribution in [0.1, 0.15) is 65.9 Å². The highest BCUT2D eigenvalue weighted by molar-refractivity contribution is 7.89. The Kier molecular flexibility index (Phi) is 9.34. The summed E-state index contributed by atoms with van der Waals surface area (Å²) in [5, 5.41) is 27.6. The summed E-state index contributed by atoms with van der Waals surface area (Å²) in [4.78, 5) is 38.9. The van der Waals surface area contributed by atoms with Gasteiger partial charge in [-0.15, -0.1) is 0 Å². The highest BCUT2D eigenvalue weighted by atomic mass is 32.2. The van der Waals surface area contributed by atoms with Gasteiger partial charge in [-0.2, -0.15) is 9.41 Å². The predicted octanol–water partition coefficient (Wildman–Crippen LogP) is 5.23. The van der Waals surface area contributed by atoms with Crippen LogP contribution >= 0.6 is 0 Å². The molecule has 3 aliphatic rings. The number of carbonyl (C=O) groups excluding carboxylic acids is 1. The van der Waals surface area contributed by atoms with Crippen molar-refractivity contribution >= 4 is 44.9 Å². The molecule has 2 aliphatic heterocycles. The van der Waals surface area contributed by atoms with E-state index in [4.69, 9.17) is 0 Å². The molecule has 2 bridgehead atoms. The summed E-state index contributed by atoms with van der Waals surface area (Å²) < 4.78 is 29.6. The van der Waals surface area contributed by atoms with Crippen LogP contribution in [0, 0.1) is 37.0 Å². The van der Waals surface area contributed by atoms with Gasteiger partial charge in [-0.25, -0.2) is 8.42 Å². The number of carbonyl (C=O) groups is 1. The lowest BCUT2D eigenvalue weighted by Crippen LogP contribution is -2.46. The molecule has 47 heavy (non-hydrogen) atoms. The highest BCUT2D eigenvalue weighted by Gasteiger charge is 2.60. The van der Waals surface area contributed by atoms with E-state index in [0.717, 1.165) is 18.9 Å². The molecule has 0 spiro atoms. The molecule has 14 nitrogen and oxygen atoms in total. The van der Waals surface area contributed by atoms with Crippen LogP contribution < -0.4 is 10.3 Å². The molecule has 3 fully saturated rings. The quantitative estimate of drug-likeness (QED) is 0.191. The van der Waals surface area contributed by atoms with E-state index in [0.29, 0.717) is 56.8 Å². The van der Waals surface area contributed by atoms with Crippen molar-refractivity contribution in [1.82, 2.24) is 9.21 Å². The van der Waals surface area contributed by atoms with Crippen molar-refractivity contribution in [3.05, 3.63) is 62.2 Å². The third-order valence-electron chi connectivity index (χ3n) is 10.5. The van der Waals surface area contributed by atoms with Crippen molar-refractivity contribution in [2.45, 2.75) is 71.2 Å². The standard InChI is InChI=1S/C32H43N7O7S/c1-6-35(7-2)30(40)22-9-8-14-36(20-22)28-13-11-24(38(41)42)15-23(28)19-33-34-27-12-10-25(39(43)44)16-29(27)47(45,46)37-21-32(5)18-26(37)17-31(32,3)4/h10-13,15-16,19,22,26,34H,6-9,14,17-18,20-21H2,1-5H3/b33-19-/t22-,26-,32-/m1/s1. The number of piperidine rings is 2. The summed E-state index contributed by atoms with van der Waals surface area (Å²) in [6, 6.07) is 7.77. The number of nitrogens with zero attached hydrogens (tertiary/aromatic N) is 6. The molecule has 5 rings (SSSR count). The van der Waals surface area contributed by atoms with Gasteiger partial charge in [-0.1, -0.05) is 20.8 Å². The molecule has 2 aromatic carbocycles. The van der Waals surface area contributed by atoms with Crippen molar-refractivity contribution in [3.8, 4) is 0 Å². The Morgan fingerprint density at radius 1 is 1.06 bits per heavy atom. The zero-order valence-corrected chi connectivity index (χ0v) is 28.3. The molecule has 2 heterocycles. The Hall–Kier alpha value is -4.11. The highest BCUT2D eigenvalue weighted by Crippen LogP contribution is 2.60. The summed E-state index contributed by atoms with van der Waals surface area (Å²) in [7, 11) is -4.15. The maximum Gasteiger partial charge on any atom is 0.270 e. The van der Waals surface area contributed by atoms with Gasteiger partial charge < -0.3 is 9.80 Å². The van der Waals surface area contributed by atoms with E-state index in [9.17, 15) is 33.4 Å². The Morgan fingerprint density at radius 2 is 1.72 bits per heavy atom. The van der Waals surface area contributed by atoms with Gasteiger partial charge in [-0.05, 0) is 62.5 Å². The molecule has 1 saturated carbocycles. The lowest BCUT2D eigenvalue weighted by Gasteiger charge is -2.42. The van der Waals surface area contributed by atoms with E-state index in [1.807, 2.05) is 18.7 Å². The molecule has 2 saturated heterocycles. The number of rotatable bonds is 11. The van der Waals surface area contributed by atoms with Gasteiger partial charge in [0.1, 0.15) is 4.90 Å². The molecule has 0 unspecified atom stereocenters. The van der Waals surface area contributed by atoms with E-state index < -0.39 is 19.9 Å². The zero-order chi connectivity index (χ0) is 34.3. The largest absolute Gasteiger partial charge is 0.370 e. The van der Waals surface area contributed by atoms with Gasteiger partial charge in [0.2, 0.25) is 15.9 Å². The molecule has 1 aliphatic carbocycles. The minimum atomic E-state index is -4.15. The number of nitro benzene ring substituents is 2. The molecule has 1 N–H and O–H groups in total. The topological polar surface area (TPSA) is 172 Å². The Bertz CT molecular complexity index is 1710. The predicted molar refractivity (Wildman–Crippen MR) is 179 cm³/mol. The van der Waals surface area contributed by atoms with Crippen molar-refractivity contribution in [2.24, 2.45) is 21.8 Å². The number of hydrazone groups is 1. The van der Waals surface area contributed by atoms with Gasteiger partial charge in [0.25, 0.3) is 11.4 Å². The Balaban J connectivity index is 1.45. The number of benzene rings is 2. The summed E-state index contributed by atoms with van der Waals surface area (Å²) in [5.74, 6) is -0.141. The van der Waals surface area contributed by atoms with Crippen molar-refractivity contribution in [3.63, 3.8) is 0 Å². The lowest BCUT2D eigenvalue weighted by molar-refractivity contribution is -0.385. The molecule has 3 atom stereocenters. The third-order valence-corrected chi connectivity index (χ3v) is 12.5. The fraction of sp³-hybridized carbons (Fsp3) is 0.562. The fourth-order valence-corrected chi connectivity index (χ4v) is 9.32. The fourth-order valence-electron chi connectivity index (χ4n) is 7.41. The van der Waals surface area contributed by atoms with Crippen LogP contribution in [0.5, 0.6) is 0 Å². The summed E-state index contributed by atoms with van der Waals surface area (Å²) in [6.45, 7) is 12.9. The normalized spacial score (nSPS) is 24.1. The van der Waals surface area contributed by atoms with E-state index >= 15 is 0 Å². The van der Waals surface area contributed by atoms with Gasteiger partial charge in [-0.3, -0.25) is 30.4 Å². The lowest BCUT2D eigenvalue weighted by atomic mass is 9.69. The number of nitrogens with one attached hydrogen (secondary N) is 1. The second kappa shape index (κ2) is 12.8. The molecule has 0 aromatic heterocycles.